The highest BCUT2D eigenvalue weighted by molar-refractivity contribution is 9.10. The van der Waals surface area contributed by atoms with Crippen molar-refractivity contribution in [3.8, 4) is 11.4 Å². The number of rotatable bonds is 2. The summed E-state index contributed by atoms with van der Waals surface area (Å²) >= 11 is 3.28. The average molecular weight is 268 g/mol. The van der Waals surface area contributed by atoms with Crippen molar-refractivity contribution in [1.29, 1.82) is 0 Å². The molecule has 0 saturated heterocycles. The Bertz CT molecular complexity index is 510. The van der Waals surface area contributed by atoms with E-state index in [1.165, 1.54) is 6.92 Å². The van der Waals surface area contributed by atoms with Gasteiger partial charge < -0.3 is 4.52 Å². The largest absolute Gasteiger partial charge is 0.330 e. The molecule has 0 saturated carbocycles. The minimum atomic E-state index is -0.253. The zero-order valence-electron chi connectivity index (χ0n) is 7.77. The Morgan fingerprint density at radius 3 is 2.87 bits per heavy atom. The lowest BCUT2D eigenvalue weighted by Gasteiger charge is -1.92. The van der Waals surface area contributed by atoms with Crippen molar-refractivity contribution in [2.24, 2.45) is 0 Å². The van der Waals surface area contributed by atoms with Gasteiger partial charge in [-0.1, -0.05) is 5.16 Å². The maximum absolute atomic E-state index is 10.9. The van der Waals surface area contributed by atoms with Gasteiger partial charge in [0.05, 0.1) is 0 Å². The van der Waals surface area contributed by atoms with Crippen LogP contribution in [0.15, 0.2) is 27.5 Å². The average Bonchev–Trinajstić information content (AvgIpc) is 2.66. The second-order valence-corrected chi connectivity index (χ2v) is 3.79. The fourth-order valence-electron chi connectivity index (χ4n) is 1.02. The standard InChI is InChI=1S/C9H6BrN3O2/c1-5(14)9-12-8(13-15-9)6-2-7(10)4-11-3-6/h2-4H,1H3. The van der Waals surface area contributed by atoms with Crippen molar-refractivity contribution in [1.82, 2.24) is 15.1 Å². The highest BCUT2D eigenvalue weighted by Gasteiger charge is 2.12. The van der Waals surface area contributed by atoms with Gasteiger partial charge in [0.25, 0.3) is 5.89 Å². The molecule has 15 heavy (non-hydrogen) atoms. The minimum absolute atomic E-state index is 0.00461. The van der Waals surface area contributed by atoms with E-state index in [0.29, 0.717) is 11.4 Å². The predicted octanol–water partition coefficient (Wildman–Crippen LogP) is 2.10. The van der Waals surface area contributed by atoms with Gasteiger partial charge in [-0.05, 0) is 22.0 Å². The molecule has 0 radical (unpaired) electrons. The van der Waals surface area contributed by atoms with E-state index in [-0.39, 0.29) is 11.7 Å². The first-order chi connectivity index (χ1) is 7.16. The van der Waals surface area contributed by atoms with Crippen molar-refractivity contribution in [2.75, 3.05) is 0 Å². The third kappa shape index (κ3) is 2.10. The molecule has 0 atom stereocenters. The Morgan fingerprint density at radius 2 is 2.27 bits per heavy atom. The zero-order valence-corrected chi connectivity index (χ0v) is 9.35. The van der Waals surface area contributed by atoms with Gasteiger partial charge in [-0.2, -0.15) is 4.98 Å². The molecule has 0 bridgehead atoms. The molecule has 5 nitrogen and oxygen atoms in total. The van der Waals surface area contributed by atoms with E-state index in [0.717, 1.165) is 4.47 Å². The van der Waals surface area contributed by atoms with E-state index in [1.807, 2.05) is 0 Å². The fraction of sp³-hybridized carbons (Fsp3) is 0.111. The Labute approximate surface area is 93.7 Å². The van der Waals surface area contributed by atoms with Crippen molar-refractivity contribution >= 4 is 21.7 Å². The third-order valence-corrected chi connectivity index (χ3v) is 2.12. The number of carbonyl (C=O) groups is 1. The topological polar surface area (TPSA) is 68.9 Å². The van der Waals surface area contributed by atoms with Crippen LogP contribution in [0.3, 0.4) is 0 Å². The Kier molecular flexibility index (Phi) is 2.59. The summed E-state index contributed by atoms with van der Waals surface area (Å²) in [5.74, 6) is 0.107. The summed E-state index contributed by atoms with van der Waals surface area (Å²) in [6, 6.07) is 1.79. The van der Waals surface area contributed by atoms with Gasteiger partial charge in [0.1, 0.15) is 0 Å². The number of halogens is 1. The molecule has 6 heteroatoms. The molecule has 0 aliphatic rings. The first-order valence-electron chi connectivity index (χ1n) is 4.12. The third-order valence-electron chi connectivity index (χ3n) is 1.69. The molecule has 0 spiro atoms. The maximum Gasteiger partial charge on any atom is 0.294 e. The molecule has 0 fully saturated rings. The summed E-state index contributed by atoms with van der Waals surface area (Å²) in [5.41, 5.74) is 0.695. The SMILES string of the molecule is CC(=O)c1nc(-c2cncc(Br)c2)no1. The minimum Gasteiger partial charge on any atom is -0.330 e. The van der Waals surface area contributed by atoms with Crippen LogP contribution in [0, 0.1) is 0 Å². The summed E-state index contributed by atoms with van der Waals surface area (Å²) in [4.78, 5) is 18.8. The molecule has 76 valence electrons. The van der Waals surface area contributed by atoms with Crippen LogP contribution in [-0.2, 0) is 0 Å². The van der Waals surface area contributed by atoms with Gasteiger partial charge >= 0.3 is 0 Å². The van der Waals surface area contributed by atoms with E-state index in [1.54, 1.807) is 18.5 Å². The number of Topliss-reactive ketones (excluding diaryl/α,β-unsaturated/α-hetero) is 1. The van der Waals surface area contributed by atoms with Crippen molar-refractivity contribution < 1.29 is 9.32 Å². The highest BCUT2D eigenvalue weighted by Crippen LogP contribution is 2.18. The van der Waals surface area contributed by atoms with Gasteiger partial charge in [-0.3, -0.25) is 9.78 Å². The predicted molar refractivity (Wildman–Crippen MR) is 55.2 cm³/mol. The number of pyridine rings is 1. The van der Waals surface area contributed by atoms with Gasteiger partial charge in [0.2, 0.25) is 11.6 Å². The summed E-state index contributed by atoms with van der Waals surface area (Å²) in [6.07, 6.45) is 3.25. The number of ketones is 1. The highest BCUT2D eigenvalue weighted by atomic mass is 79.9. The Morgan fingerprint density at radius 1 is 1.47 bits per heavy atom. The smallest absolute Gasteiger partial charge is 0.294 e. The lowest BCUT2D eigenvalue weighted by atomic mass is 10.3. The molecule has 0 aromatic carbocycles. The van der Waals surface area contributed by atoms with Crippen LogP contribution in [0.25, 0.3) is 11.4 Å². The van der Waals surface area contributed by atoms with Crippen molar-refractivity contribution in [2.45, 2.75) is 6.92 Å². The van der Waals surface area contributed by atoms with Crippen LogP contribution in [0.2, 0.25) is 0 Å². The Balaban J connectivity index is 2.41. The monoisotopic (exact) mass is 267 g/mol. The molecule has 0 aliphatic carbocycles. The molecule has 0 amide bonds. The van der Waals surface area contributed by atoms with Gasteiger partial charge in [-0.25, -0.2) is 0 Å². The van der Waals surface area contributed by atoms with E-state index in [2.05, 4.69) is 31.1 Å². The molecule has 0 unspecified atom stereocenters. The first-order valence-corrected chi connectivity index (χ1v) is 4.91. The zero-order chi connectivity index (χ0) is 10.8. The Hall–Kier alpha value is -1.56. The van der Waals surface area contributed by atoms with Crippen LogP contribution < -0.4 is 0 Å². The summed E-state index contributed by atoms with van der Waals surface area (Å²) in [7, 11) is 0. The van der Waals surface area contributed by atoms with Crippen LogP contribution in [-0.4, -0.2) is 20.9 Å². The molecular formula is C9H6BrN3O2. The number of nitrogens with zero attached hydrogens (tertiary/aromatic N) is 3. The summed E-state index contributed by atoms with van der Waals surface area (Å²) < 4.78 is 5.58. The fourth-order valence-corrected chi connectivity index (χ4v) is 1.38. The van der Waals surface area contributed by atoms with E-state index in [9.17, 15) is 4.79 Å². The number of carbonyl (C=O) groups excluding carboxylic acids is 1. The van der Waals surface area contributed by atoms with Crippen molar-refractivity contribution in [3.05, 3.63) is 28.8 Å². The second-order valence-electron chi connectivity index (χ2n) is 2.87. The second kappa shape index (κ2) is 3.90. The molecular weight excluding hydrogens is 262 g/mol. The number of aromatic nitrogens is 3. The maximum atomic E-state index is 10.9. The molecule has 2 heterocycles. The quantitative estimate of drug-likeness (QED) is 0.780. The summed E-state index contributed by atoms with van der Waals surface area (Å²) in [6.45, 7) is 1.37. The number of hydrogen-bond donors (Lipinski definition) is 0. The molecule has 2 aromatic rings. The molecule has 0 N–H and O–H groups in total. The molecule has 0 aliphatic heterocycles. The van der Waals surface area contributed by atoms with Gasteiger partial charge in [0.15, 0.2) is 0 Å². The first kappa shape index (κ1) is 9.97. The van der Waals surface area contributed by atoms with Gasteiger partial charge in [-0.15, -0.1) is 0 Å². The van der Waals surface area contributed by atoms with Crippen LogP contribution in [0.4, 0.5) is 0 Å². The normalized spacial score (nSPS) is 10.3. The van der Waals surface area contributed by atoms with Crippen LogP contribution in [0.5, 0.6) is 0 Å². The molecule has 2 rings (SSSR count). The van der Waals surface area contributed by atoms with Crippen LogP contribution in [0.1, 0.15) is 17.6 Å². The molecule has 2 aromatic heterocycles. The summed E-state index contributed by atoms with van der Waals surface area (Å²) in [5, 5.41) is 3.68. The van der Waals surface area contributed by atoms with Crippen LogP contribution >= 0.6 is 15.9 Å². The van der Waals surface area contributed by atoms with E-state index in [4.69, 9.17) is 4.52 Å². The van der Waals surface area contributed by atoms with E-state index < -0.39 is 0 Å². The lowest BCUT2D eigenvalue weighted by molar-refractivity contribution is 0.0972. The number of hydrogen-bond acceptors (Lipinski definition) is 5. The van der Waals surface area contributed by atoms with E-state index >= 15 is 0 Å². The lowest BCUT2D eigenvalue weighted by Crippen LogP contribution is -1.91. The van der Waals surface area contributed by atoms with Gasteiger partial charge in [0, 0.05) is 29.4 Å². The van der Waals surface area contributed by atoms with Crippen molar-refractivity contribution in [3.63, 3.8) is 0 Å².